The van der Waals surface area contributed by atoms with Crippen LogP contribution in [0.25, 0.3) is 0 Å². The summed E-state index contributed by atoms with van der Waals surface area (Å²) in [5, 5.41) is 0. The van der Waals surface area contributed by atoms with Crippen molar-refractivity contribution in [1.29, 1.82) is 0 Å². The molecular formula is C10H12O2. The molecule has 0 aliphatic carbocycles. The summed E-state index contributed by atoms with van der Waals surface area (Å²) in [5.74, 6) is 1.41. The van der Waals surface area contributed by atoms with Crippen molar-refractivity contribution >= 4 is 0 Å². The van der Waals surface area contributed by atoms with Gasteiger partial charge in [-0.25, -0.2) is 0 Å². The van der Waals surface area contributed by atoms with Crippen LogP contribution in [0.4, 0.5) is 0 Å². The van der Waals surface area contributed by atoms with Crippen LogP contribution in [0, 0.1) is 11.8 Å². The zero-order chi connectivity index (χ0) is 7.71. The highest BCUT2D eigenvalue weighted by atomic mass is 16.5. The van der Waals surface area contributed by atoms with E-state index in [-0.39, 0.29) is 0 Å². The lowest BCUT2D eigenvalue weighted by atomic mass is 9.73. The molecule has 4 heterocycles. The molecule has 64 valence electrons. The van der Waals surface area contributed by atoms with Crippen LogP contribution in [-0.2, 0) is 9.47 Å². The normalized spacial score (nSPS) is 64.7. The Hall–Kier alpha value is -0.340. The maximum absolute atomic E-state index is 5.90. The van der Waals surface area contributed by atoms with Gasteiger partial charge in [0.05, 0.1) is 24.4 Å². The summed E-state index contributed by atoms with van der Waals surface area (Å²) < 4.78 is 11.7. The molecule has 4 aliphatic rings. The first-order chi connectivity index (χ1) is 5.93. The zero-order valence-electron chi connectivity index (χ0n) is 6.85. The molecule has 12 heavy (non-hydrogen) atoms. The molecule has 0 radical (unpaired) electrons. The molecule has 0 unspecified atom stereocenters. The summed E-state index contributed by atoms with van der Waals surface area (Å²) in [5.41, 5.74) is 0. The van der Waals surface area contributed by atoms with Crippen LogP contribution in [0.3, 0.4) is 0 Å². The van der Waals surface area contributed by atoms with Gasteiger partial charge in [-0.15, -0.1) is 0 Å². The van der Waals surface area contributed by atoms with E-state index in [0.717, 1.165) is 0 Å². The largest absolute Gasteiger partial charge is 0.374 e. The smallest absolute Gasteiger partial charge is 0.0822 e. The van der Waals surface area contributed by atoms with Gasteiger partial charge in [-0.1, -0.05) is 12.2 Å². The van der Waals surface area contributed by atoms with Crippen LogP contribution in [0.2, 0.25) is 0 Å². The third kappa shape index (κ3) is 0.511. The molecule has 0 N–H and O–H groups in total. The molecule has 3 fully saturated rings. The molecule has 2 heteroatoms. The highest BCUT2D eigenvalue weighted by Gasteiger charge is 2.60. The summed E-state index contributed by atoms with van der Waals surface area (Å²) in [7, 11) is 0. The second kappa shape index (κ2) is 1.78. The fourth-order valence-electron chi connectivity index (χ4n) is 3.54. The van der Waals surface area contributed by atoms with Gasteiger partial charge in [0, 0.05) is 11.8 Å². The Labute approximate surface area is 71.5 Å². The highest BCUT2D eigenvalue weighted by Crippen LogP contribution is 2.54. The molecule has 0 amide bonds. The van der Waals surface area contributed by atoms with Gasteiger partial charge in [0.1, 0.15) is 0 Å². The summed E-state index contributed by atoms with van der Waals surface area (Å²) in [6.07, 6.45) is 8.86. The predicted octanol–water partition coefficient (Wildman–Crippen LogP) is 1.12. The maximum Gasteiger partial charge on any atom is 0.0822 e. The lowest BCUT2D eigenvalue weighted by Gasteiger charge is -2.25. The van der Waals surface area contributed by atoms with E-state index in [0.29, 0.717) is 36.3 Å². The van der Waals surface area contributed by atoms with Crippen molar-refractivity contribution in [2.75, 3.05) is 0 Å². The summed E-state index contributed by atoms with van der Waals surface area (Å²) >= 11 is 0. The number of fused-ring (bicyclic) bond motifs is 9. The van der Waals surface area contributed by atoms with Gasteiger partial charge in [-0.2, -0.15) is 0 Å². The Morgan fingerprint density at radius 3 is 2.00 bits per heavy atom. The van der Waals surface area contributed by atoms with Crippen molar-refractivity contribution < 1.29 is 9.47 Å². The van der Waals surface area contributed by atoms with Gasteiger partial charge in [-0.05, 0) is 12.8 Å². The molecule has 2 nitrogen and oxygen atoms in total. The topological polar surface area (TPSA) is 18.5 Å². The highest BCUT2D eigenvalue weighted by molar-refractivity contribution is 5.20. The Morgan fingerprint density at radius 1 is 0.833 bits per heavy atom. The van der Waals surface area contributed by atoms with E-state index in [9.17, 15) is 0 Å². The van der Waals surface area contributed by atoms with Crippen LogP contribution in [0.5, 0.6) is 0 Å². The molecule has 4 bridgehead atoms. The summed E-state index contributed by atoms with van der Waals surface area (Å²) in [6, 6.07) is 0. The predicted molar refractivity (Wildman–Crippen MR) is 42.7 cm³/mol. The molecule has 0 aromatic carbocycles. The first-order valence-corrected chi connectivity index (χ1v) is 4.93. The number of hydrogen-bond acceptors (Lipinski definition) is 2. The minimum atomic E-state index is 0.398. The Kier molecular flexibility index (Phi) is 0.913. The fraction of sp³-hybridized carbons (Fsp3) is 0.800. The van der Waals surface area contributed by atoms with Crippen LogP contribution >= 0.6 is 0 Å². The summed E-state index contributed by atoms with van der Waals surface area (Å²) in [6.45, 7) is 0. The van der Waals surface area contributed by atoms with Gasteiger partial charge >= 0.3 is 0 Å². The van der Waals surface area contributed by atoms with Crippen molar-refractivity contribution in [3.63, 3.8) is 0 Å². The van der Waals surface area contributed by atoms with E-state index >= 15 is 0 Å². The molecule has 4 aliphatic heterocycles. The molecule has 6 atom stereocenters. The van der Waals surface area contributed by atoms with E-state index in [1.807, 2.05) is 0 Å². The van der Waals surface area contributed by atoms with Gasteiger partial charge in [0.25, 0.3) is 0 Å². The van der Waals surface area contributed by atoms with E-state index in [4.69, 9.17) is 9.47 Å². The quantitative estimate of drug-likeness (QED) is 0.499. The Balaban J connectivity index is 1.82. The van der Waals surface area contributed by atoms with E-state index in [2.05, 4.69) is 12.2 Å². The van der Waals surface area contributed by atoms with Gasteiger partial charge in [0.15, 0.2) is 0 Å². The summed E-state index contributed by atoms with van der Waals surface area (Å²) in [4.78, 5) is 0. The van der Waals surface area contributed by atoms with Crippen LogP contribution in [-0.4, -0.2) is 24.4 Å². The molecule has 4 rings (SSSR count). The Bertz CT molecular complexity index is 237. The van der Waals surface area contributed by atoms with E-state index < -0.39 is 0 Å². The SMILES string of the molecule is C1=C[C@H]2O[C@@H]1[C@H]1[C@@H]2[C@@H]2CC[C@H]1O2. The van der Waals surface area contributed by atoms with Crippen LogP contribution < -0.4 is 0 Å². The van der Waals surface area contributed by atoms with E-state index in [1.165, 1.54) is 12.8 Å². The van der Waals surface area contributed by atoms with E-state index in [1.54, 1.807) is 0 Å². The van der Waals surface area contributed by atoms with Crippen molar-refractivity contribution in [3.05, 3.63) is 12.2 Å². The number of ether oxygens (including phenoxy) is 2. The Morgan fingerprint density at radius 2 is 1.42 bits per heavy atom. The number of rotatable bonds is 0. The zero-order valence-corrected chi connectivity index (χ0v) is 6.85. The van der Waals surface area contributed by atoms with Crippen molar-refractivity contribution in [2.45, 2.75) is 37.3 Å². The van der Waals surface area contributed by atoms with Crippen LogP contribution in [0.15, 0.2) is 12.2 Å². The molecule has 0 aromatic heterocycles. The van der Waals surface area contributed by atoms with Crippen molar-refractivity contribution in [2.24, 2.45) is 11.8 Å². The second-order valence-electron chi connectivity index (χ2n) is 4.40. The van der Waals surface area contributed by atoms with Gasteiger partial charge in [0.2, 0.25) is 0 Å². The fourth-order valence-corrected chi connectivity index (χ4v) is 3.54. The lowest BCUT2D eigenvalue weighted by molar-refractivity contribution is 0.0155. The molecule has 0 aromatic rings. The lowest BCUT2D eigenvalue weighted by Crippen LogP contribution is -2.33. The first kappa shape index (κ1) is 6.17. The monoisotopic (exact) mass is 164 g/mol. The molecular weight excluding hydrogens is 152 g/mol. The number of hydrogen-bond donors (Lipinski definition) is 0. The molecule has 0 saturated carbocycles. The molecule has 3 saturated heterocycles. The third-order valence-corrected chi connectivity index (χ3v) is 3.95. The van der Waals surface area contributed by atoms with Crippen molar-refractivity contribution in [1.82, 2.24) is 0 Å². The standard InChI is InChI=1S/C10H12O2/c1-2-6-10-8-4-3-7(12-8)9(10)5(1)11-6/h1-2,5-10H,3-4H2/t5-,6+,7+,8-,9+,10-. The van der Waals surface area contributed by atoms with Crippen molar-refractivity contribution in [3.8, 4) is 0 Å². The third-order valence-electron chi connectivity index (χ3n) is 3.95. The maximum atomic E-state index is 5.90. The first-order valence-electron chi connectivity index (χ1n) is 4.93. The average Bonchev–Trinajstić information content (AvgIpc) is 2.83. The van der Waals surface area contributed by atoms with Gasteiger partial charge in [-0.3, -0.25) is 0 Å². The molecule has 0 spiro atoms. The minimum Gasteiger partial charge on any atom is -0.374 e. The average molecular weight is 164 g/mol. The minimum absolute atomic E-state index is 0.398. The van der Waals surface area contributed by atoms with Gasteiger partial charge < -0.3 is 9.47 Å². The van der Waals surface area contributed by atoms with Crippen LogP contribution in [0.1, 0.15) is 12.8 Å². The second-order valence-corrected chi connectivity index (χ2v) is 4.40.